The first-order valence-electron chi connectivity index (χ1n) is 5.95. The zero-order chi connectivity index (χ0) is 13.2. The molecule has 3 nitrogen and oxygen atoms in total. The number of hydrogen-bond donors (Lipinski definition) is 0. The van der Waals surface area contributed by atoms with Gasteiger partial charge in [-0.1, -0.05) is 43.3 Å². The molecule has 0 aliphatic rings. The third-order valence-corrected chi connectivity index (χ3v) is 4.36. The van der Waals surface area contributed by atoms with Gasteiger partial charge in [0.1, 0.15) is 4.90 Å². The summed E-state index contributed by atoms with van der Waals surface area (Å²) in [7, 11) is -3.70. The number of hydrogen-bond acceptors (Lipinski definition) is 3. The molecule has 0 spiro atoms. The standard InChI is InChI=1S/C14H16O3S.Na.H/c1-3-11(2)17-18(15,16)14-10-6-8-12-7-4-5-9-13(12)14;;/h4-11H,3H2,1-2H3;;. The van der Waals surface area contributed by atoms with Gasteiger partial charge in [0.25, 0.3) is 10.1 Å². The Labute approximate surface area is 136 Å². The summed E-state index contributed by atoms with van der Waals surface area (Å²) in [5, 5.41) is 1.59. The molecule has 5 heteroatoms. The molecule has 98 valence electrons. The Morgan fingerprint density at radius 1 is 1.11 bits per heavy atom. The van der Waals surface area contributed by atoms with Crippen molar-refractivity contribution in [2.45, 2.75) is 31.3 Å². The monoisotopic (exact) mass is 288 g/mol. The average molecular weight is 288 g/mol. The fourth-order valence-electron chi connectivity index (χ4n) is 1.75. The van der Waals surface area contributed by atoms with Crippen LogP contribution in [0.3, 0.4) is 0 Å². The van der Waals surface area contributed by atoms with E-state index in [4.69, 9.17) is 4.18 Å². The fourth-order valence-corrected chi connectivity index (χ4v) is 3.12. The predicted octanol–water partition coefficient (Wildman–Crippen LogP) is 2.70. The Kier molecular flexibility index (Phi) is 6.02. The summed E-state index contributed by atoms with van der Waals surface area (Å²) < 4.78 is 29.5. The van der Waals surface area contributed by atoms with Crippen LogP contribution >= 0.6 is 0 Å². The maximum atomic E-state index is 12.2. The zero-order valence-electron chi connectivity index (χ0n) is 10.5. The molecular weight excluding hydrogens is 271 g/mol. The van der Waals surface area contributed by atoms with Crippen LogP contribution in [-0.4, -0.2) is 44.1 Å². The van der Waals surface area contributed by atoms with Crippen LogP contribution in [0.2, 0.25) is 0 Å². The van der Waals surface area contributed by atoms with E-state index in [1.165, 1.54) is 0 Å². The van der Waals surface area contributed by atoms with Crippen molar-refractivity contribution in [1.82, 2.24) is 0 Å². The molecule has 0 N–H and O–H groups in total. The predicted molar refractivity (Wildman–Crippen MR) is 79.1 cm³/mol. The van der Waals surface area contributed by atoms with Crippen molar-refractivity contribution < 1.29 is 12.6 Å². The molecule has 2 rings (SSSR count). The molecule has 0 heterocycles. The van der Waals surface area contributed by atoms with Gasteiger partial charge in [-0.2, -0.15) is 8.42 Å². The minimum absolute atomic E-state index is 0. The van der Waals surface area contributed by atoms with E-state index in [1.54, 1.807) is 25.1 Å². The molecule has 0 aliphatic carbocycles. The van der Waals surface area contributed by atoms with Gasteiger partial charge in [-0.05, 0) is 24.8 Å². The first-order valence-corrected chi connectivity index (χ1v) is 7.36. The van der Waals surface area contributed by atoms with Gasteiger partial charge in [0.15, 0.2) is 0 Å². The van der Waals surface area contributed by atoms with Gasteiger partial charge in [0, 0.05) is 5.39 Å². The third kappa shape index (κ3) is 3.80. The van der Waals surface area contributed by atoms with Crippen molar-refractivity contribution in [3.8, 4) is 0 Å². The third-order valence-electron chi connectivity index (χ3n) is 2.88. The van der Waals surface area contributed by atoms with E-state index in [0.717, 1.165) is 5.39 Å². The minimum atomic E-state index is -3.70. The van der Waals surface area contributed by atoms with Crippen LogP contribution < -0.4 is 0 Å². The number of rotatable bonds is 4. The van der Waals surface area contributed by atoms with Gasteiger partial charge < -0.3 is 0 Å². The van der Waals surface area contributed by atoms with Crippen LogP contribution in [0.15, 0.2) is 47.4 Å². The van der Waals surface area contributed by atoms with Gasteiger partial charge in [0.05, 0.1) is 6.10 Å². The fraction of sp³-hybridized carbons (Fsp3) is 0.286. The summed E-state index contributed by atoms with van der Waals surface area (Å²) >= 11 is 0. The van der Waals surface area contributed by atoms with Crippen molar-refractivity contribution >= 4 is 50.4 Å². The summed E-state index contributed by atoms with van der Waals surface area (Å²) in [6, 6.07) is 12.6. The van der Waals surface area contributed by atoms with Crippen LogP contribution in [0, 0.1) is 0 Å². The second-order valence-corrected chi connectivity index (χ2v) is 5.79. The maximum absolute atomic E-state index is 12.2. The van der Waals surface area contributed by atoms with E-state index in [9.17, 15) is 8.42 Å². The quantitative estimate of drug-likeness (QED) is 0.642. The van der Waals surface area contributed by atoms with Gasteiger partial charge in [-0.25, -0.2) is 0 Å². The van der Waals surface area contributed by atoms with Crippen LogP contribution in [-0.2, 0) is 14.3 Å². The summed E-state index contributed by atoms with van der Waals surface area (Å²) in [6.07, 6.45) is 0.346. The molecule has 1 unspecified atom stereocenters. The van der Waals surface area contributed by atoms with Crippen molar-refractivity contribution in [2.24, 2.45) is 0 Å². The van der Waals surface area contributed by atoms with Crippen LogP contribution in [0.1, 0.15) is 20.3 Å². The van der Waals surface area contributed by atoms with Crippen molar-refractivity contribution in [3.05, 3.63) is 42.5 Å². The first kappa shape index (κ1) is 16.7. The van der Waals surface area contributed by atoms with E-state index < -0.39 is 10.1 Å². The van der Waals surface area contributed by atoms with Gasteiger partial charge >= 0.3 is 29.6 Å². The second kappa shape index (κ2) is 6.86. The van der Waals surface area contributed by atoms with Gasteiger partial charge in [-0.3, -0.25) is 4.18 Å². The Morgan fingerprint density at radius 2 is 1.74 bits per heavy atom. The van der Waals surface area contributed by atoms with E-state index in [2.05, 4.69) is 0 Å². The molecule has 1 atom stereocenters. The molecule has 0 radical (unpaired) electrons. The molecule has 0 amide bonds. The molecule has 0 aromatic heterocycles. The molecule has 0 aliphatic heterocycles. The summed E-state index contributed by atoms with van der Waals surface area (Å²) in [5.41, 5.74) is 0. The first-order chi connectivity index (χ1) is 8.54. The van der Waals surface area contributed by atoms with Crippen molar-refractivity contribution in [3.63, 3.8) is 0 Å². The summed E-state index contributed by atoms with van der Waals surface area (Å²) in [6.45, 7) is 3.64. The Balaban J connectivity index is 0.00000180. The molecule has 0 bridgehead atoms. The molecular formula is C14H17NaO3S. The van der Waals surface area contributed by atoms with Crippen LogP contribution in [0.25, 0.3) is 10.8 Å². The average Bonchev–Trinajstić information content (AvgIpc) is 2.37. The van der Waals surface area contributed by atoms with E-state index in [0.29, 0.717) is 11.8 Å². The topological polar surface area (TPSA) is 43.4 Å². The number of fused-ring (bicyclic) bond motifs is 1. The molecule has 0 fully saturated rings. The molecule has 0 saturated heterocycles. The molecule has 2 aromatic rings. The van der Waals surface area contributed by atoms with Crippen LogP contribution in [0.5, 0.6) is 0 Å². The molecule has 0 saturated carbocycles. The van der Waals surface area contributed by atoms with Gasteiger partial charge in [-0.15, -0.1) is 0 Å². The van der Waals surface area contributed by atoms with E-state index in [-0.39, 0.29) is 40.6 Å². The zero-order valence-corrected chi connectivity index (χ0v) is 11.3. The molecule has 2 aromatic carbocycles. The Hall–Kier alpha value is -0.390. The SMILES string of the molecule is CCC(C)OS(=O)(=O)c1cccc2ccccc12.[NaH]. The summed E-state index contributed by atoms with van der Waals surface area (Å²) in [5.74, 6) is 0. The summed E-state index contributed by atoms with van der Waals surface area (Å²) in [4.78, 5) is 0.237. The van der Waals surface area contributed by atoms with E-state index in [1.807, 2.05) is 31.2 Å². The van der Waals surface area contributed by atoms with Crippen molar-refractivity contribution in [1.29, 1.82) is 0 Å². The van der Waals surface area contributed by atoms with Crippen molar-refractivity contribution in [2.75, 3.05) is 0 Å². The second-order valence-electron chi connectivity index (χ2n) is 4.25. The van der Waals surface area contributed by atoms with Gasteiger partial charge in [0.2, 0.25) is 0 Å². The van der Waals surface area contributed by atoms with Crippen LogP contribution in [0.4, 0.5) is 0 Å². The normalized spacial score (nSPS) is 12.9. The molecule has 19 heavy (non-hydrogen) atoms. The van der Waals surface area contributed by atoms with E-state index >= 15 is 0 Å². The Bertz CT molecular complexity index is 647. The number of benzene rings is 2. The Morgan fingerprint density at radius 3 is 2.42 bits per heavy atom.